The van der Waals surface area contributed by atoms with E-state index in [4.69, 9.17) is 63.4 Å². The lowest BCUT2D eigenvalue weighted by atomic mass is 10.1. The van der Waals surface area contributed by atoms with E-state index in [9.17, 15) is 49.9 Å². The Labute approximate surface area is 847 Å². The molecular weight excluding hydrogens is 1940 g/mol. The molecule has 0 radical (unpaired) electrons. The molecule has 13 aromatic rings. The second-order valence-corrected chi connectivity index (χ2v) is 40.7. The third kappa shape index (κ3) is 37.5. The Balaban J connectivity index is 0.000000236. The Morgan fingerprint density at radius 2 is 0.483 bits per heavy atom. The van der Waals surface area contributed by atoms with Crippen LogP contribution in [0.4, 0.5) is 0 Å². The van der Waals surface area contributed by atoms with Crippen LogP contribution in [0.25, 0.3) is 66.8 Å². The molecule has 0 amide bonds. The van der Waals surface area contributed by atoms with Gasteiger partial charge in [0.25, 0.3) is 0 Å². The predicted octanol–water partition coefficient (Wildman–Crippen LogP) is 23.1. The van der Waals surface area contributed by atoms with E-state index in [0.29, 0.717) is 55.0 Å². The first-order valence-electron chi connectivity index (χ1n) is 46.1. The topological polar surface area (TPSA) is 369 Å². The lowest BCUT2D eigenvalue weighted by molar-refractivity contribution is -0.141. The molecule has 28 heteroatoms. The Hall–Kier alpha value is -13.9. The molecule has 143 heavy (non-hydrogen) atoms. The summed E-state index contributed by atoms with van der Waals surface area (Å²) in [6.45, 7) is 29.2. The van der Waals surface area contributed by atoms with Crippen LogP contribution in [-0.4, -0.2) is 164 Å². The maximum absolute atomic E-state index is 13.4. The van der Waals surface area contributed by atoms with Crippen LogP contribution in [0.1, 0.15) is 68.2 Å². The van der Waals surface area contributed by atoms with E-state index in [2.05, 4.69) is 35.7 Å². The van der Waals surface area contributed by atoms with E-state index < -0.39 is 47.4 Å². The van der Waals surface area contributed by atoms with Crippen molar-refractivity contribution in [3.05, 3.63) is 352 Å². The van der Waals surface area contributed by atoms with Gasteiger partial charge in [-0.1, -0.05) is 216 Å². The molecule has 1 saturated heterocycles. The number of esters is 2. The number of aliphatic hydroxyl groups is 3. The molecule has 0 bridgehead atoms. The minimum absolute atomic E-state index is 0.00860. The van der Waals surface area contributed by atoms with Crippen LogP contribution >= 0.6 is 15.9 Å². The number of aromatic hydroxyl groups is 3. The summed E-state index contributed by atoms with van der Waals surface area (Å²) >= 11 is 3.21. The van der Waals surface area contributed by atoms with Gasteiger partial charge >= 0.3 is 17.9 Å². The summed E-state index contributed by atoms with van der Waals surface area (Å²) in [7, 11) is -9.43. The summed E-state index contributed by atoms with van der Waals surface area (Å²) in [5, 5.41) is 62.9. The highest BCUT2D eigenvalue weighted by atomic mass is 79.9. The number of hydrogen-bond donors (Lipinski definition) is 7. The molecule has 24 nitrogen and oxygen atoms in total. The summed E-state index contributed by atoms with van der Waals surface area (Å²) in [4.78, 5) is 34.0. The number of carbonyl (C=O) groups excluding carboxylic acids is 2. The van der Waals surface area contributed by atoms with Crippen LogP contribution in [0.2, 0.25) is 0 Å². The largest absolute Gasteiger partial charge is 0.508 e. The second-order valence-electron chi connectivity index (χ2n) is 34.2. The fourth-order valence-electron chi connectivity index (χ4n) is 12.6. The highest BCUT2D eigenvalue weighted by molar-refractivity contribution is 9.09. The van der Waals surface area contributed by atoms with Crippen LogP contribution in [-0.2, 0) is 58.1 Å². The number of benzene rings is 13. The van der Waals surface area contributed by atoms with Gasteiger partial charge in [-0.3, -0.25) is 0 Å². The van der Waals surface area contributed by atoms with E-state index in [1.54, 1.807) is 239 Å². The molecule has 0 aliphatic carbocycles. The van der Waals surface area contributed by atoms with Crippen LogP contribution in [0, 0.1) is 29.6 Å². The normalized spacial score (nSPS) is 12.4. The van der Waals surface area contributed by atoms with Crippen molar-refractivity contribution in [2.24, 2.45) is 29.6 Å². The number of carboxylic acids is 1. The number of sulfone groups is 3. The molecule has 754 valence electrons. The number of phenolic OH excluding ortho intramolecular Hbond substituents is 3. The first-order valence-corrected chi connectivity index (χ1v) is 51.6. The Morgan fingerprint density at radius 3 is 0.643 bits per heavy atom. The number of alkyl halides is 1. The maximum atomic E-state index is 13.4. The van der Waals surface area contributed by atoms with Gasteiger partial charge in [0.1, 0.15) is 46.0 Å². The Kier molecular flexibility index (Phi) is 46.2. The minimum atomic E-state index is -3.72. The first-order chi connectivity index (χ1) is 68.3. The molecule has 1 heterocycles. The van der Waals surface area contributed by atoms with Crippen molar-refractivity contribution in [2.45, 2.75) is 97.6 Å². The van der Waals surface area contributed by atoms with Gasteiger partial charge in [0.15, 0.2) is 0 Å². The van der Waals surface area contributed by atoms with Crippen molar-refractivity contribution >= 4 is 63.3 Å². The number of methoxy groups -OCH3 is 1. The maximum Gasteiger partial charge on any atom is 0.333 e. The van der Waals surface area contributed by atoms with Crippen molar-refractivity contribution in [1.82, 2.24) is 0 Å². The van der Waals surface area contributed by atoms with Crippen LogP contribution in [0.3, 0.4) is 0 Å². The van der Waals surface area contributed by atoms with Gasteiger partial charge < -0.3 is 73.6 Å². The summed E-state index contributed by atoms with van der Waals surface area (Å²) in [6, 6.07) is 90.9. The SMILES string of the molecule is C1CCOC1.C=C(C)C(=O)O.C=C(C)C(=O)OCC(C)COc1ccc(-c2ccc(S(=O)(=O)c3ccc(-c4ccc(OCC(C)COC(=O)C(=C)C)cc4)cc3)cc2)cc1.CC(CO)CBr.CC(CO)COc1ccc(-c2ccc(S(=O)(=O)c3ccc(-c4ccc(OCC(C)CO)cc4)cc3)cc2)cc1.COc1ccc(O)cc1.O=S(=O)(c1ccc(-c2ccc(O)cc2)cc1)c1ccc(-c2ccc(O)cc2)cc1. The first kappa shape index (κ1) is 114. The third-order valence-electron chi connectivity index (χ3n) is 21.4. The molecular formula is C115H125BrO24S3. The van der Waals surface area contributed by atoms with Gasteiger partial charge in [0, 0.05) is 78.8 Å². The quantitative estimate of drug-likeness (QED) is 0.0109. The van der Waals surface area contributed by atoms with Crippen LogP contribution in [0.15, 0.2) is 381 Å². The number of aliphatic hydroxyl groups excluding tert-OH is 3. The monoisotopic (exact) mass is 2060 g/mol. The van der Waals surface area contributed by atoms with E-state index in [0.717, 1.165) is 103 Å². The van der Waals surface area contributed by atoms with Gasteiger partial charge in [-0.15, -0.1) is 0 Å². The molecule has 13 aromatic carbocycles. The van der Waals surface area contributed by atoms with Gasteiger partial charge in [-0.25, -0.2) is 39.6 Å². The van der Waals surface area contributed by atoms with Crippen molar-refractivity contribution < 1.29 is 113 Å². The molecule has 14 rings (SSSR count). The smallest absolute Gasteiger partial charge is 0.333 e. The lowest BCUT2D eigenvalue weighted by Gasteiger charge is -2.14. The van der Waals surface area contributed by atoms with E-state index in [-0.39, 0.29) is 109 Å². The van der Waals surface area contributed by atoms with E-state index in [1.807, 2.05) is 132 Å². The van der Waals surface area contributed by atoms with Gasteiger partial charge in [-0.05, 0) is 276 Å². The average molecular weight is 2070 g/mol. The molecule has 5 atom stereocenters. The summed E-state index contributed by atoms with van der Waals surface area (Å²) in [5.41, 5.74) is 11.7. The highest BCUT2D eigenvalue weighted by Gasteiger charge is 2.23. The van der Waals surface area contributed by atoms with Crippen LogP contribution < -0.4 is 23.7 Å². The third-order valence-corrected chi connectivity index (χ3v) is 27.9. The van der Waals surface area contributed by atoms with Gasteiger partial charge in [0.2, 0.25) is 29.5 Å². The zero-order valence-corrected chi connectivity index (χ0v) is 85.6. The zero-order chi connectivity index (χ0) is 104. The molecule has 0 saturated carbocycles. The summed E-state index contributed by atoms with van der Waals surface area (Å²) in [5.74, 6) is 2.98. The zero-order valence-electron chi connectivity index (χ0n) is 81.6. The Bertz CT molecular complexity index is 6150. The highest BCUT2D eigenvalue weighted by Crippen LogP contribution is 2.35. The summed E-state index contributed by atoms with van der Waals surface area (Å²) in [6.07, 6.45) is 2.56. The number of halogens is 1. The van der Waals surface area contributed by atoms with Crippen molar-refractivity contribution in [3.8, 4) is 113 Å². The fraction of sp³-hybridized carbons (Fsp3) is 0.243. The molecule has 0 spiro atoms. The second kappa shape index (κ2) is 57.8. The number of aliphatic carboxylic acids is 1. The molecule has 5 unspecified atom stereocenters. The van der Waals surface area contributed by atoms with Crippen molar-refractivity contribution in [1.29, 1.82) is 0 Å². The number of carboxylic acid groups (broad SMARTS) is 1. The predicted molar refractivity (Wildman–Crippen MR) is 563 cm³/mol. The summed E-state index contributed by atoms with van der Waals surface area (Å²) < 4.78 is 122. The number of carbonyl (C=O) groups is 3. The number of rotatable bonds is 36. The molecule has 1 fully saturated rings. The van der Waals surface area contributed by atoms with Crippen molar-refractivity contribution in [2.75, 3.05) is 85.1 Å². The molecule has 7 N–H and O–H groups in total. The number of phenols is 3. The van der Waals surface area contributed by atoms with Crippen LogP contribution in [0.5, 0.6) is 46.0 Å². The van der Waals surface area contributed by atoms with Gasteiger partial charge in [0.05, 0.1) is 76.1 Å². The van der Waals surface area contributed by atoms with E-state index >= 15 is 0 Å². The molecule has 0 aromatic heterocycles. The van der Waals surface area contributed by atoms with Crippen molar-refractivity contribution in [3.63, 3.8) is 0 Å². The lowest BCUT2D eigenvalue weighted by Crippen LogP contribution is -2.18. The molecule has 1 aliphatic heterocycles. The number of ether oxygens (including phenoxy) is 8. The minimum Gasteiger partial charge on any atom is -0.508 e. The average Bonchev–Trinajstić information content (AvgIpc) is 1.19. The fourth-order valence-corrected chi connectivity index (χ4v) is 16.6. The standard InChI is InChI=1S/C40H42O8S.C32H34O6S.C24H18O4S.C7H8O2.C4H9BrO.C4H6O2.C4H8O/c1-27(2)39(41)47-25-29(5)23-45-35-15-7-31(8-16-35)33-11-19-37(20-12-33)49(43,44)38-21-13-34(14-22-38)32-9-17-36(18-10-32)46-24-30(6)26-48-40(42)28(3)4;1-23(19-33)21-37-29-11-3-25(4-12-29)27-7-15-31(16-8-27)39(35,36)32-17-9-28(10-18-32)26-5-13-30(14-6-26)38-22-24(2)20-34;25-21-9-1-17(2-10-21)19-5-13-23(14-6-19)29(27,28)24-15-7-20(8-16-24)18-3-11-22(26)12-4-18;1-9-7-4-2-6(8)3-5-7;1-4(2-5)3-6;1-3(2)4(5)6;1-2-4-5-3-1/h7-22,29-30H,1,3,23-26H2,2,4-6H3;3-18,23-24,33-34H,19-22H2,1-2H3;1-16,25-26H;2-5,8H,1H3;4,6H,2-3H2,1H3;1H2,2H3,(H,5,6);1-4H2. The number of hydrogen-bond acceptors (Lipinski definition) is 23. The molecule has 1 aliphatic rings. The van der Waals surface area contributed by atoms with E-state index in [1.165, 1.54) is 19.8 Å². The Morgan fingerprint density at radius 1 is 0.301 bits per heavy atom. The van der Waals surface area contributed by atoms with Gasteiger partial charge in [-0.2, -0.15) is 0 Å².